The van der Waals surface area contributed by atoms with E-state index in [1.54, 1.807) is 13.2 Å². The third kappa shape index (κ3) is 6.64. The lowest BCUT2D eigenvalue weighted by Gasteiger charge is -2.58. The average Bonchev–Trinajstić information content (AvgIpc) is 3.53. The Morgan fingerprint density at radius 3 is 2.27 bits per heavy atom. The summed E-state index contributed by atoms with van der Waals surface area (Å²) in [6, 6.07) is 0. The molecule has 59 heavy (non-hydrogen) atoms. The number of fused-ring (bicyclic) bond motifs is 2. The minimum atomic E-state index is -1.69. The molecule has 9 aliphatic rings. The first-order valence-electron chi connectivity index (χ1n) is 21.5. The molecule has 0 aromatic heterocycles. The number of carbonyl (C=O) groups excluding carboxylic acids is 1. The third-order valence-corrected chi connectivity index (χ3v) is 16.2. The van der Waals surface area contributed by atoms with Gasteiger partial charge in [-0.05, 0) is 81.1 Å². The highest BCUT2D eigenvalue weighted by Crippen LogP contribution is 2.80. The second-order valence-corrected chi connectivity index (χ2v) is 19.0. The van der Waals surface area contributed by atoms with Gasteiger partial charge in [-0.1, -0.05) is 19.9 Å². The Balaban J connectivity index is 0.797. The Kier molecular flexibility index (Phi) is 11.2. The zero-order valence-corrected chi connectivity index (χ0v) is 34.2. The lowest BCUT2D eigenvalue weighted by Crippen LogP contribution is -2.63. The van der Waals surface area contributed by atoms with Crippen molar-refractivity contribution < 1.29 is 83.2 Å². The van der Waals surface area contributed by atoms with Gasteiger partial charge in [0.05, 0.1) is 31.5 Å². The van der Waals surface area contributed by atoms with Crippen molar-refractivity contribution in [2.24, 2.45) is 22.7 Å². The number of methoxy groups -OCH3 is 1. The summed E-state index contributed by atoms with van der Waals surface area (Å²) in [6.07, 6.45) is -5.56. The molecule has 0 radical (unpaired) electrons. The average molecular weight is 839 g/mol. The highest BCUT2D eigenvalue weighted by atomic mass is 16.8. The highest BCUT2D eigenvalue weighted by molar-refractivity contribution is 5.87. The summed E-state index contributed by atoms with van der Waals surface area (Å²) in [6.45, 7) is 5.85. The van der Waals surface area contributed by atoms with E-state index in [2.05, 4.69) is 19.9 Å². The van der Waals surface area contributed by atoms with Crippen molar-refractivity contribution >= 4 is 5.97 Å². The molecule has 332 valence electrons. The molecule has 4 aliphatic carbocycles. The van der Waals surface area contributed by atoms with Gasteiger partial charge < -0.3 is 78.4 Å². The van der Waals surface area contributed by atoms with E-state index >= 15 is 0 Å². The van der Waals surface area contributed by atoms with Crippen LogP contribution in [0.5, 0.6) is 0 Å². The Morgan fingerprint density at radius 2 is 1.56 bits per heavy atom. The van der Waals surface area contributed by atoms with Crippen LogP contribution >= 0.6 is 0 Å². The zero-order chi connectivity index (χ0) is 41.8. The summed E-state index contributed by atoms with van der Waals surface area (Å²) in [5.74, 6) is 0.660. The maximum atomic E-state index is 12.0. The van der Waals surface area contributed by atoms with Gasteiger partial charge in [0.1, 0.15) is 72.7 Å². The number of rotatable bonds is 10. The van der Waals surface area contributed by atoms with Crippen LogP contribution in [0.2, 0.25) is 0 Å². The molecule has 5 aliphatic heterocycles. The molecule has 0 aromatic carbocycles. The number of hydrogen-bond acceptors (Lipinski definition) is 17. The topological polar surface area (TPSA) is 245 Å². The van der Waals surface area contributed by atoms with E-state index in [4.69, 9.17) is 42.6 Å². The quantitative estimate of drug-likeness (QED) is 0.0861. The van der Waals surface area contributed by atoms with E-state index in [0.717, 1.165) is 56.9 Å². The largest absolute Gasteiger partial charge is 0.458 e. The van der Waals surface area contributed by atoms with Crippen LogP contribution in [-0.2, 0) is 47.4 Å². The molecule has 9 rings (SSSR count). The first kappa shape index (κ1) is 42.6. The van der Waals surface area contributed by atoms with Gasteiger partial charge in [0.2, 0.25) is 0 Å². The predicted molar refractivity (Wildman–Crippen MR) is 200 cm³/mol. The van der Waals surface area contributed by atoms with Crippen LogP contribution in [0.1, 0.15) is 78.6 Å². The van der Waals surface area contributed by atoms with Crippen LogP contribution in [0, 0.1) is 22.7 Å². The Morgan fingerprint density at radius 1 is 0.831 bits per heavy atom. The molecule has 7 fully saturated rings. The van der Waals surface area contributed by atoms with Crippen molar-refractivity contribution in [3.05, 3.63) is 23.3 Å². The first-order valence-corrected chi connectivity index (χ1v) is 21.5. The molecule has 5 heterocycles. The Bertz CT molecular complexity index is 1660. The number of esters is 1. The second-order valence-electron chi connectivity index (χ2n) is 19.0. The Labute approximate surface area is 343 Å². The van der Waals surface area contributed by atoms with Gasteiger partial charge in [0, 0.05) is 30.6 Å². The number of aliphatic hydroxyl groups excluding tert-OH is 7. The first-order chi connectivity index (χ1) is 28.1. The van der Waals surface area contributed by atoms with Gasteiger partial charge in [0.25, 0.3) is 0 Å². The molecule has 17 nitrogen and oxygen atoms in total. The van der Waals surface area contributed by atoms with E-state index in [0.29, 0.717) is 24.9 Å². The van der Waals surface area contributed by atoms with Crippen molar-refractivity contribution in [3.63, 3.8) is 0 Å². The summed E-state index contributed by atoms with van der Waals surface area (Å²) >= 11 is 0. The minimum absolute atomic E-state index is 0.00610. The number of aliphatic hydroxyl groups is 7. The van der Waals surface area contributed by atoms with Crippen LogP contribution in [0.25, 0.3) is 0 Å². The van der Waals surface area contributed by atoms with E-state index < -0.39 is 99.2 Å². The van der Waals surface area contributed by atoms with Crippen LogP contribution in [0.15, 0.2) is 23.3 Å². The van der Waals surface area contributed by atoms with Crippen molar-refractivity contribution in [1.29, 1.82) is 0 Å². The molecule has 3 saturated carbocycles. The van der Waals surface area contributed by atoms with Gasteiger partial charge in [-0.15, -0.1) is 0 Å². The predicted octanol–water partition coefficient (Wildman–Crippen LogP) is -0.132. The summed E-state index contributed by atoms with van der Waals surface area (Å²) < 4.78 is 54.4. The van der Waals surface area contributed by atoms with E-state index in [1.165, 1.54) is 5.57 Å². The van der Waals surface area contributed by atoms with Gasteiger partial charge in [-0.3, -0.25) is 0 Å². The molecule has 0 amide bonds. The van der Waals surface area contributed by atoms with E-state index in [-0.39, 0.29) is 34.1 Å². The van der Waals surface area contributed by atoms with Gasteiger partial charge in [0.15, 0.2) is 18.9 Å². The zero-order valence-electron chi connectivity index (χ0n) is 34.2. The lowest BCUT2D eigenvalue weighted by molar-refractivity contribution is -0.355. The van der Waals surface area contributed by atoms with Crippen LogP contribution in [-0.4, -0.2) is 172 Å². The standard InChI is InChI=1S/C42H62O17/c1-19-36(58-38-35(50)33(48)31(46)26(57-38)18-53-37-34(49)32(47)30(45)25(16-43)56-37)24(51-4)15-29(54-19)55-22-6-9-39(2)21(14-22)5-11-41-27(39)8-10-40(3)23(7-12-42(40,41)59-41)20-13-28(44)52-17-20/h7,13,19,21-22,24-27,29-38,43,45-50H,5-6,8-12,14-18H2,1-4H3/t19?,21-,22+,24?,25-,26-,27?,29?,30-,31-,32+,33+,34-,35-,36?,37-,38+,39+,40-,41?,42?/m1/s1. The van der Waals surface area contributed by atoms with Crippen molar-refractivity contribution in [1.82, 2.24) is 0 Å². The van der Waals surface area contributed by atoms with Gasteiger partial charge in [-0.2, -0.15) is 0 Å². The lowest BCUT2D eigenvalue weighted by atomic mass is 9.44. The van der Waals surface area contributed by atoms with Crippen LogP contribution in [0.3, 0.4) is 0 Å². The fourth-order valence-electron chi connectivity index (χ4n) is 12.9. The second kappa shape index (κ2) is 15.6. The monoisotopic (exact) mass is 838 g/mol. The summed E-state index contributed by atoms with van der Waals surface area (Å²) in [4.78, 5) is 12.0. The number of ether oxygens (including phenoxy) is 9. The molecule has 21 atom stereocenters. The summed E-state index contributed by atoms with van der Waals surface area (Å²) in [7, 11) is 1.55. The summed E-state index contributed by atoms with van der Waals surface area (Å²) in [5.41, 5.74) is 1.87. The van der Waals surface area contributed by atoms with E-state index in [1.807, 2.05) is 6.92 Å². The SMILES string of the molecule is COC1CC(O[C@H]2CC[C@]3(C)C4CC[C@]5(C)C(C6=CC(=O)OC6)=CCC56OC46CC[C@@H]3C2)OC(C)C1O[C@@H]1O[C@H](CO[C@@H]2O[C@H](CO)[C@@H](O)[C@H](O)[C@H]2O)[C@@H](O)[C@H](O)[C@H]1O. The van der Waals surface area contributed by atoms with Gasteiger partial charge in [-0.25, -0.2) is 4.79 Å². The molecule has 2 spiro atoms. The number of epoxide rings is 1. The van der Waals surface area contributed by atoms with Crippen molar-refractivity contribution in [3.8, 4) is 0 Å². The molecule has 17 heteroatoms. The molecular weight excluding hydrogens is 776 g/mol. The molecule has 7 unspecified atom stereocenters. The molecule has 0 aromatic rings. The third-order valence-electron chi connectivity index (χ3n) is 16.2. The van der Waals surface area contributed by atoms with Crippen molar-refractivity contribution in [2.75, 3.05) is 26.9 Å². The van der Waals surface area contributed by atoms with E-state index in [9.17, 15) is 40.5 Å². The minimum Gasteiger partial charge on any atom is -0.458 e. The Hall–Kier alpha value is -1.65. The highest BCUT2D eigenvalue weighted by Gasteiger charge is 2.85. The number of hydrogen-bond donors (Lipinski definition) is 7. The molecule has 0 bridgehead atoms. The molecular formula is C42H62O17. The molecule has 4 saturated heterocycles. The van der Waals surface area contributed by atoms with Crippen LogP contribution < -0.4 is 0 Å². The number of cyclic esters (lactones) is 1. The van der Waals surface area contributed by atoms with Crippen molar-refractivity contribution in [2.45, 2.75) is 182 Å². The maximum absolute atomic E-state index is 12.0. The normalized spacial score (nSPS) is 54.3. The fraction of sp³-hybridized carbons (Fsp3) is 0.881. The van der Waals surface area contributed by atoms with Gasteiger partial charge >= 0.3 is 5.97 Å². The fourth-order valence-corrected chi connectivity index (χ4v) is 12.9. The maximum Gasteiger partial charge on any atom is 0.331 e. The molecule has 7 N–H and O–H groups in total. The van der Waals surface area contributed by atoms with Crippen LogP contribution in [0.4, 0.5) is 0 Å². The number of carbonyl (C=O) groups is 1. The smallest absolute Gasteiger partial charge is 0.331 e. The summed E-state index contributed by atoms with van der Waals surface area (Å²) in [5, 5.41) is 72.4.